The van der Waals surface area contributed by atoms with E-state index in [-0.39, 0.29) is 24.0 Å². The highest BCUT2D eigenvalue weighted by atomic mass is 16.5. The molecule has 0 aromatic heterocycles. The number of methoxy groups -OCH3 is 1. The number of carbonyl (C=O) groups excluding carboxylic acids is 2. The van der Waals surface area contributed by atoms with E-state index in [1.54, 1.807) is 7.11 Å². The molecule has 2 aliphatic carbocycles. The second-order valence-corrected chi connectivity index (χ2v) is 6.91. The summed E-state index contributed by atoms with van der Waals surface area (Å²) < 4.78 is 4.88. The van der Waals surface area contributed by atoms with E-state index in [2.05, 4.69) is 10.2 Å². The first-order chi connectivity index (χ1) is 10.1. The normalized spacial score (nSPS) is 27.9. The molecule has 5 heteroatoms. The van der Waals surface area contributed by atoms with E-state index in [1.807, 2.05) is 0 Å². The van der Waals surface area contributed by atoms with Crippen molar-refractivity contribution in [2.45, 2.75) is 51.0 Å². The maximum absolute atomic E-state index is 12.3. The van der Waals surface area contributed by atoms with Gasteiger partial charge >= 0.3 is 0 Å². The molecule has 0 bridgehead atoms. The van der Waals surface area contributed by atoms with Gasteiger partial charge in [-0.2, -0.15) is 0 Å². The van der Waals surface area contributed by atoms with Crippen molar-refractivity contribution in [3.05, 3.63) is 0 Å². The Morgan fingerprint density at radius 1 is 1.19 bits per heavy atom. The van der Waals surface area contributed by atoms with Gasteiger partial charge in [-0.15, -0.1) is 0 Å². The fraction of sp³-hybridized carbons (Fsp3) is 0.875. The van der Waals surface area contributed by atoms with Crippen LogP contribution in [0.1, 0.15) is 44.9 Å². The second-order valence-electron chi connectivity index (χ2n) is 6.91. The standard InChI is InChI=1S/C16H26N2O3/c1-21-11-14(19)17-13-5-6-16(13)7-9-18(10-8-16)15(20)12-3-2-4-12/h12-13H,2-11H2,1H3,(H,17,19). The molecule has 0 aromatic rings. The Morgan fingerprint density at radius 3 is 2.38 bits per heavy atom. The summed E-state index contributed by atoms with van der Waals surface area (Å²) >= 11 is 0. The van der Waals surface area contributed by atoms with Gasteiger partial charge < -0.3 is 15.0 Å². The van der Waals surface area contributed by atoms with Gasteiger partial charge in [-0.25, -0.2) is 0 Å². The third-order valence-electron chi connectivity index (χ3n) is 5.81. The lowest BCUT2D eigenvalue weighted by Crippen LogP contribution is -2.60. The van der Waals surface area contributed by atoms with Crippen LogP contribution < -0.4 is 5.32 Å². The van der Waals surface area contributed by atoms with Gasteiger partial charge in [0.1, 0.15) is 6.61 Å². The van der Waals surface area contributed by atoms with Crippen molar-refractivity contribution < 1.29 is 14.3 Å². The predicted molar refractivity (Wildman–Crippen MR) is 78.6 cm³/mol. The van der Waals surface area contributed by atoms with Crippen LogP contribution in [0.25, 0.3) is 0 Å². The zero-order valence-electron chi connectivity index (χ0n) is 12.9. The van der Waals surface area contributed by atoms with Crippen molar-refractivity contribution in [2.24, 2.45) is 11.3 Å². The van der Waals surface area contributed by atoms with Crippen LogP contribution in [0.5, 0.6) is 0 Å². The minimum atomic E-state index is -0.0189. The Bertz CT molecular complexity index is 412. The number of ether oxygens (including phenoxy) is 1. The Morgan fingerprint density at radius 2 is 1.90 bits per heavy atom. The van der Waals surface area contributed by atoms with Crippen LogP contribution in [0.4, 0.5) is 0 Å². The number of rotatable bonds is 4. The van der Waals surface area contributed by atoms with Gasteiger partial charge in [0.2, 0.25) is 11.8 Å². The molecule has 0 aromatic carbocycles. The summed E-state index contributed by atoms with van der Waals surface area (Å²) in [5.74, 6) is 0.655. The summed E-state index contributed by atoms with van der Waals surface area (Å²) in [4.78, 5) is 26.0. The van der Waals surface area contributed by atoms with Crippen LogP contribution in [-0.2, 0) is 14.3 Å². The molecule has 21 heavy (non-hydrogen) atoms. The Labute approximate surface area is 126 Å². The summed E-state index contributed by atoms with van der Waals surface area (Å²) in [7, 11) is 1.54. The Balaban J connectivity index is 1.50. The lowest BCUT2D eigenvalue weighted by molar-refractivity contribution is -0.143. The maximum atomic E-state index is 12.3. The average Bonchev–Trinajstić information content (AvgIpc) is 2.42. The van der Waals surface area contributed by atoms with Gasteiger partial charge in [0.15, 0.2) is 0 Å². The van der Waals surface area contributed by atoms with Gasteiger partial charge in [-0.3, -0.25) is 9.59 Å². The van der Waals surface area contributed by atoms with E-state index < -0.39 is 0 Å². The quantitative estimate of drug-likeness (QED) is 0.851. The predicted octanol–water partition coefficient (Wildman–Crippen LogP) is 1.32. The highest BCUT2D eigenvalue weighted by molar-refractivity contribution is 5.80. The first kappa shape index (κ1) is 14.8. The molecule has 1 unspecified atom stereocenters. The molecule has 1 heterocycles. The number of nitrogens with zero attached hydrogens (tertiary/aromatic N) is 1. The number of nitrogens with one attached hydrogen (secondary N) is 1. The van der Waals surface area contributed by atoms with Crippen LogP contribution in [-0.4, -0.2) is 49.6 Å². The van der Waals surface area contributed by atoms with Crippen LogP contribution >= 0.6 is 0 Å². The summed E-state index contributed by atoms with van der Waals surface area (Å²) in [6.45, 7) is 1.87. The first-order valence-electron chi connectivity index (χ1n) is 8.22. The molecule has 3 fully saturated rings. The molecule has 1 atom stereocenters. The number of likely N-dealkylation sites (tertiary alicyclic amines) is 1. The van der Waals surface area contributed by atoms with Gasteiger partial charge in [-0.05, 0) is 43.9 Å². The number of carbonyl (C=O) groups is 2. The number of amides is 2. The van der Waals surface area contributed by atoms with Crippen molar-refractivity contribution in [2.75, 3.05) is 26.8 Å². The van der Waals surface area contributed by atoms with Crippen molar-refractivity contribution in [3.63, 3.8) is 0 Å². The maximum Gasteiger partial charge on any atom is 0.246 e. The molecule has 1 N–H and O–H groups in total. The van der Waals surface area contributed by atoms with Crippen molar-refractivity contribution in [1.82, 2.24) is 10.2 Å². The fourth-order valence-corrected chi connectivity index (χ4v) is 3.97. The number of hydrogen-bond acceptors (Lipinski definition) is 3. The van der Waals surface area contributed by atoms with Crippen LogP contribution in [0.15, 0.2) is 0 Å². The zero-order chi connectivity index (χ0) is 14.9. The molecule has 5 nitrogen and oxygen atoms in total. The summed E-state index contributed by atoms with van der Waals surface area (Å²) in [6, 6.07) is 0.279. The summed E-state index contributed by atoms with van der Waals surface area (Å²) in [5, 5.41) is 3.10. The van der Waals surface area contributed by atoms with Gasteiger partial charge in [0.05, 0.1) is 0 Å². The molecular weight excluding hydrogens is 268 g/mol. The molecule has 0 radical (unpaired) electrons. The van der Waals surface area contributed by atoms with E-state index in [0.717, 1.165) is 45.2 Å². The second kappa shape index (κ2) is 5.95. The van der Waals surface area contributed by atoms with Crippen LogP contribution in [0.3, 0.4) is 0 Å². The molecule has 1 spiro atoms. The minimum absolute atomic E-state index is 0.0189. The highest BCUT2D eigenvalue weighted by Gasteiger charge is 2.49. The zero-order valence-corrected chi connectivity index (χ0v) is 12.9. The minimum Gasteiger partial charge on any atom is -0.375 e. The summed E-state index contributed by atoms with van der Waals surface area (Å²) in [5.41, 5.74) is 0.236. The Kier molecular flexibility index (Phi) is 4.20. The number of hydrogen-bond donors (Lipinski definition) is 1. The van der Waals surface area contributed by atoms with E-state index in [4.69, 9.17) is 4.74 Å². The molecule has 3 rings (SSSR count). The Hall–Kier alpha value is -1.10. The smallest absolute Gasteiger partial charge is 0.246 e. The summed E-state index contributed by atoms with van der Waals surface area (Å²) in [6.07, 6.45) is 7.67. The van der Waals surface area contributed by atoms with Crippen molar-refractivity contribution >= 4 is 11.8 Å². The lowest BCUT2D eigenvalue weighted by atomic mass is 9.59. The molecule has 2 amide bonds. The van der Waals surface area contributed by atoms with Gasteiger partial charge in [0.25, 0.3) is 0 Å². The average molecular weight is 294 g/mol. The van der Waals surface area contributed by atoms with Gasteiger partial charge in [-0.1, -0.05) is 6.42 Å². The van der Waals surface area contributed by atoms with Crippen LogP contribution in [0, 0.1) is 11.3 Å². The number of piperidine rings is 1. The third-order valence-corrected chi connectivity index (χ3v) is 5.81. The van der Waals surface area contributed by atoms with Crippen LogP contribution in [0.2, 0.25) is 0 Å². The van der Waals surface area contributed by atoms with E-state index in [9.17, 15) is 9.59 Å². The SMILES string of the molecule is COCC(=O)NC1CCC12CCN(C(=O)C1CCC1)CC2. The third kappa shape index (κ3) is 2.80. The molecular formula is C16H26N2O3. The molecule has 1 aliphatic heterocycles. The topological polar surface area (TPSA) is 58.6 Å². The largest absolute Gasteiger partial charge is 0.375 e. The fourth-order valence-electron chi connectivity index (χ4n) is 3.97. The van der Waals surface area contributed by atoms with E-state index in [0.29, 0.717) is 11.8 Å². The van der Waals surface area contributed by atoms with E-state index >= 15 is 0 Å². The first-order valence-corrected chi connectivity index (χ1v) is 8.22. The molecule has 2 saturated carbocycles. The van der Waals surface area contributed by atoms with Crippen molar-refractivity contribution in [1.29, 1.82) is 0 Å². The highest BCUT2D eigenvalue weighted by Crippen LogP contribution is 2.49. The van der Waals surface area contributed by atoms with Gasteiger partial charge in [0, 0.05) is 32.2 Å². The molecule has 1 saturated heterocycles. The van der Waals surface area contributed by atoms with E-state index in [1.165, 1.54) is 12.8 Å². The molecule has 3 aliphatic rings. The van der Waals surface area contributed by atoms with Crippen molar-refractivity contribution in [3.8, 4) is 0 Å². The molecule has 118 valence electrons. The lowest BCUT2D eigenvalue weighted by Gasteiger charge is -2.54. The monoisotopic (exact) mass is 294 g/mol.